The van der Waals surface area contributed by atoms with Gasteiger partial charge in [-0.15, -0.1) is 0 Å². The van der Waals surface area contributed by atoms with Crippen LogP contribution in [-0.4, -0.2) is 26.5 Å². The molecule has 0 unspecified atom stereocenters. The van der Waals surface area contributed by atoms with E-state index in [1.54, 1.807) is 0 Å². The average molecular weight is 287 g/mol. The molecule has 6 nitrogen and oxygen atoms in total. The van der Waals surface area contributed by atoms with Crippen LogP contribution in [0.4, 0.5) is 13.2 Å². The van der Waals surface area contributed by atoms with Crippen LogP contribution in [0.2, 0.25) is 0 Å². The minimum atomic E-state index is -4.40. The first-order valence-corrected chi connectivity index (χ1v) is 5.31. The molecule has 2 N–H and O–H groups in total. The lowest BCUT2D eigenvalue weighted by atomic mass is 10.1. The SMILES string of the molecule is O=C(O)c1[nH]nnc1OCc1ccc(C(F)(F)F)cc1. The summed E-state index contributed by atoms with van der Waals surface area (Å²) in [7, 11) is 0. The van der Waals surface area contributed by atoms with Crippen molar-refractivity contribution >= 4 is 5.97 Å². The molecule has 0 saturated carbocycles. The Morgan fingerprint density at radius 2 is 1.95 bits per heavy atom. The van der Waals surface area contributed by atoms with Crippen molar-refractivity contribution in [2.75, 3.05) is 0 Å². The van der Waals surface area contributed by atoms with Crippen molar-refractivity contribution in [3.05, 3.63) is 41.1 Å². The molecule has 0 saturated heterocycles. The molecule has 1 heterocycles. The van der Waals surface area contributed by atoms with Crippen LogP contribution in [0.3, 0.4) is 0 Å². The van der Waals surface area contributed by atoms with Gasteiger partial charge in [0.2, 0.25) is 5.69 Å². The highest BCUT2D eigenvalue weighted by atomic mass is 19.4. The van der Waals surface area contributed by atoms with E-state index in [0.717, 1.165) is 12.1 Å². The number of halogens is 3. The van der Waals surface area contributed by atoms with E-state index in [1.165, 1.54) is 12.1 Å². The van der Waals surface area contributed by atoms with Gasteiger partial charge in [0, 0.05) is 0 Å². The minimum absolute atomic E-state index is 0.120. The van der Waals surface area contributed by atoms with Crippen LogP contribution in [0.15, 0.2) is 24.3 Å². The number of nitrogens with one attached hydrogen (secondary N) is 1. The summed E-state index contributed by atoms with van der Waals surface area (Å²) in [5.41, 5.74) is -0.650. The van der Waals surface area contributed by atoms with Crippen molar-refractivity contribution in [3.63, 3.8) is 0 Å². The summed E-state index contributed by atoms with van der Waals surface area (Å²) in [5, 5.41) is 17.6. The van der Waals surface area contributed by atoms with Gasteiger partial charge in [-0.25, -0.2) is 9.89 Å². The maximum absolute atomic E-state index is 12.4. The Morgan fingerprint density at radius 1 is 1.30 bits per heavy atom. The molecule has 0 aliphatic carbocycles. The molecule has 20 heavy (non-hydrogen) atoms. The topological polar surface area (TPSA) is 88.1 Å². The number of aromatic amines is 1. The number of hydrogen-bond donors (Lipinski definition) is 2. The normalized spacial score (nSPS) is 11.3. The molecule has 2 rings (SSSR count). The summed E-state index contributed by atoms with van der Waals surface area (Å²) >= 11 is 0. The smallest absolute Gasteiger partial charge is 0.416 e. The van der Waals surface area contributed by atoms with Gasteiger partial charge >= 0.3 is 12.1 Å². The van der Waals surface area contributed by atoms with Gasteiger partial charge in [0.25, 0.3) is 5.88 Å². The van der Waals surface area contributed by atoms with Gasteiger partial charge in [-0.05, 0) is 17.7 Å². The summed E-state index contributed by atoms with van der Waals surface area (Å²) in [6, 6.07) is 4.31. The number of nitrogens with zero attached hydrogens (tertiary/aromatic N) is 2. The molecular formula is C11H8F3N3O3. The summed E-state index contributed by atoms with van der Waals surface area (Å²) in [4.78, 5) is 10.7. The van der Waals surface area contributed by atoms with Crippen LogP contribution in [0, 0.1) is 0 Å². The first-order valence-electron chi connectivity index (χ1n) is 5.31. The Balaban J connectivity index is 2.04. The number of H-pyrrole nitrogens is 1. The third-order valence-corrected chi connectivity index (χ3v) is 2.39. The summed E-state index contributed by atoms with van der Waals surface area (Å²) in [6.07, 6.45) is -4.40. The van der Waals surface area contributed by atoms with Crippen LogP contribution in [0.25, 0.3) is 0 Å². The van der Waals surface area contributed by atoms with Gasteiger partial charge in [-0.3, -0.25) is 0 Å². The number of carboxylic acid groups (broad SMARTS) is 1. The van der Waals surface area contributed by atoms with E-state index >= 15 is 0 Å². The zero-order chi connectivity index (χ0) is 14.8. The zero-order valence-corrected chi connectivity index (χ0v) is 9.81. The van der Waals surface area contributed by atoms with Gasteiger partial charge in [0.05, 0.1) is 5.56 Å². The van der Waals surface area contributed by atoms with Gasteiger partial charge in [0.1, 0.15) is 6.61 Å². The molecule has 1 aromatic heterocycles. The van der Waals surface area contributed by atoms with E-state index in [9.17, 15) is 18.0 Å². The summed E-state index contributed by atoms with van der Waals surface area (Å²) < 4.78 is 42.1. The lowest BCUT2D eigenvalue weighted by molar-refractivity contribution is -0.137. The van der Waals surface area contributed by atoms with Crippen molar-refractivity contribution in [2.45, 2.75) is 12.8 Å². The minimum Gasteiger partial charge on any atom is -0.476 e. The van der Waals surface area contributed by atoms with Crippen LogP contribution in [-0.2, 0) is 12.8 Å². The number of alkyl halides is 3. The van der Waals surface area contributed by atoms with Gasteiger partial charge in [-0.2, -0.15) is 13.2 Å². The third-order valence-electron chi connectivity index (χ3n) is 2.39. The van der Waals surface area contributed by atoms with E-state index in [1.807, 2.05) is 0 Å². The second-order valence-corrected chi connectivity index (χ2v) is 3.78. The van der Waals surface area contributed by atoms with E-state index in [-0.39, 0.29) is 18.2 Å². The highest BCUT2D eigenvalue weighted by Gasteiger charge is 2.29. The van der Waals surface area contributed by atoms with Crippen LogP contribution in [0.1, 0.15) is 21.6 Å². The molecule has 1 aromatic carbocycles. The number of aromatic carboxylic acids is 1. The number of hydrogen-bond acceptors (Lipinski definition) is 4. The molecule has 0 aliphatic heterocycles. The van der Waals surface area contributed by atoms with Crippen molar-refractivity contribution in [1.82, 2.24) is 15.4 Å². The van der Waals surface area contributed by atoms with Crippen LogP contribution >= 0.6 is 0 Å². The third kappa shape index (κ3) is 3.05. The highest BCUT2D eigenvalue weighted by Crippen LogP contribution is 2.29. The lowest BCUT2D eigenvalue weighted by Gasteiger charge is -2.08. The van der Waals surface area contributed by atoms with Gasteiger partial charge in [-0.1, -0.05) is 22.4 Å². The molecule has 0 atom stereocenters. The first-order chi connectivity index (χ1) is 9.38. The number of carbonyl (C=O) groups is 1. The molecule has 0 aliphatic rings. The molecule has 0 fully saturated rings. The number of aromatic nitrogens is 3. The highest BCUT2D eigenvalue weighted by molar-refractivity contribution is 5.87. The van der Waals surface area contributed by atoms with Crippen molar-refractivity contribution in [1.29, 1.82) is 0 Å². The lowest BCUT2D eigenvalue weighted by Crippen LogP contribution is -2.06. The van der Waals surface area contributed by atoms with E-state index in [0.29, 0.717) is 5.56 Å². The largest absolute Gasteiger partial charge is 0.476 e. The number of benzene rings is 1. The Hall–Kier alpha value is -2.58. The molecule has 0 radical (unpaired) electrons. The van der Waals surface area contributed by atoms with Gasteiger partial charge < -0.3 is 9.84 Å². The molecule has 2 aromatic rings. The predicted octanol–water partition coefficient (Wildman–Crippen LogP) is 2.10. The Labute approximate surface area is 110 Å². The Morgan fingerprint density at radius 3 is 2.50 bits per heavy atom. The monoisotopic (exact) mass is 287 g/mol. The molecular weight excluding hydrogens is 279 g/mol. The molecule has 0 bridgehead atoms. The number of ether oxygens (including phenoxy) is 1. The fourth-order valence-corrected chi connectivity index (χ4v) is 1.40. The van der Waals surface area contributed by atoms with Crippen molar-refractivity contribution < 1.29 is 27.8 Å². The maximum atomic E-state index is 12.4. The van der Waals surface area contributed by atoms with Crippen LogP contribution < -0.4 is 4.74 Å². The molecule has 9 heteroatoms. The maximum Gasteiger partial charge on any atom is 0.416 e. The Bertz CT molecular complexity index is 607. The summed E-state index contributed by atoms with van der Waals surface area (Å²) in [5.74, 6) is -1.52. The fourth-order valence-electron chi connectivity index (χ4n) is 1.40. The van der Waals surface area contributed by atoms with Gasteiger partial charge in [0.15, 0.2) is 0 Å². The number of carboxylic acids is 1. The fraction of sp³-hybridized carbons (Fsp3) is 0.182. The van der Waals surface area contributed by atoms with E-state index in [4.69, 9.17) is 9.84 Å². The molecule has 0 amide bonds. The average Bonchev–Trinajstić information content (AvgIpc) is 2.84. The first kappa shape index (κ1) is 13.8. The molecule has 0 spiro atoms. The van der Waals surface area contributed by atoms with Crippen molar-refractivity contribution in [2.24, 2.45) is 0 Å². The zero-order valence-electron chi connectivity index (χ0n) is 9.81. The second-order valence-electron chi connectivity index (χ2n) is 3.78. The van der Waals surface area contributed by atoms with E-state index in [2.05, 4.69) is 15.4 Å². The standard InChI is InChI=1S/C11H8F3N3O3/c12-11(13,14)7-3-1-6(2-4-7)5-20-9-8(10(18)19)15-17-16-9/h1-4H,5H2,(H,18,19)(H,15,16,17). The Kier molecular flexibility index (Phi) is 3.59. The molecule has 106 valence electrons. The van der Waals surface area contributed by atoms with E-state index < -0.39 is 17.7 Å². The predicted molar refractivity (Wildman–Crippen MR) is 59.1 cm³/mol. The van der Waals surface area contributed by atoms with Crippen molar-refractivity contribution in [3.8, 4) is 5.88 Å². The quantitative estimate of drug-likeness (QED) is 0.899. The number of rotatable bonds is 4. The summed E-state index contributed by atoms with van der Waals surface area (Å²) in [6.45, 7) is -0.120. The van der Waals surface area contributed by atoms with Crippen LogP contribution in [0.5, 0.6) is 5.88 Å². The second kappa shape index (κ2) is 5.19.